The molecule has 0 aliphatic heterocycles. The molecule has 0 heterocycles. The van der Waals surface area contributed by atoms with Crippen LogP contribution in [-0.2, 0) is 4.79 Å². The van der Waals surface area contributed by atoms with Gasteiger partial charge in [0.2, 0.25) is 0 Å². The Labute approximate surface area is 139 Å². The molecule has 1 N–H and O–H groups in total. The van der Waals surface area contributed by atoms with Crippen molar-refractivity contribution in [3.05, 3.63) is 53.1 Å². The first-order valence-corrected chi connectivity index (χ1v) is 7.24. The van der Waals surface area contributed by atoms with Gasteiger partial charge in [-0.15, -0.1) is 0 Å². The smallest absolute Gasteiger partial charge is 0.262 e. The minimum atomic E-state index is -0.343. The molecule has 0 fully saturated rings. The predicted molar refractivity (Wildman–Crippen MR) is 88.6 cm³/mol. The van der Waals surface area contributed by atoms with E-state index in [0.717, 1.165) is 0 Å². The maximum atomic E-state index is 11.9. The number of carbonyl (C=O) groups is 2. The summed E-state index contributed by atoms with van der Waals surface area (Å²) in [6.45, 7) is 1.21. The summed E-state index contributed by atoms with van der Waals surface area (Å²) in [5.41, 5.74) is 1.01. The highest BCUT2D eigenvalue weighted by atomic mass is 35.5. The van der Waals surface area contributed by atoms with E-state index in [1.165, 1.54) is 14.0 Å². The summed E-state index contributed by atoms with van der Waals surface area (Å²) < 4.78 is 10.6. The molecule has 5 nitrogen and oxygen atoms in total. The SMILES string of the molecule is COc1ccc(C(C)=O)c(OCC(=O)Nc2ccc(Cl)cc2)c1. The Morgan fingerprint density at radius 2 is 1.83 bits per heavy atom. The summed E-state index contributed by atoms with van der Waals surface area (Å²) in [6, 6.07) is 11.6. The maximum Gasteiger partial charge on any atom is 0.262 e. The van der Waals surface area contributed by atoms with Gasteiger partial charge in [-0.25, -0.2) is 0 Å². The lowest BCUT2D eigenvalue weighted by molar-refractivity contribution is -0.118. The molecule has 0 aliphatic rings. The number of ether oxygens (including phenoxy) is 2. The van der Waals surface area contributed by atoms with E-state index in [4.69, 9.17) is 21.1 Å². The largest absolute Gasteiger partial charge is 0.497 e. The molecular formula is C17H16ClNO4. The Bertz CT molecular complexity index is 713. The lowest BCUT2D eigenvalue weighted by Crippen LogP contribution is -2.20. The van der Waals surface area contributed by atoms with Crippen LogP contribution < -0.4 is 14.8 Å². The molecule has 1 amide bonds. The average Bonchev–Trinajstić information content (AvgIpc) is 2.54. The van der Waals surface area contributed by atoms with Crippen LogP contribution in [0.25, 0.3) is 0 Å². The Morgan fingerprint density at radius 3 is 2.43 bits per heavy atom. The summed E-state index contributed by atoms with van der Waals surface area (Å²) in [4.78, 5) is 23.5. The number of benzene rings is 2. The van der Waals surface area contributed by atoms with Crippen LogP contribution in [0, 0.1) is 0 Å². The van der Waals surface area contributed by atoms with Gasteiger partial charge < -0.3 is 14.8 Å². The van der Waals surface area contributed by atoms with Crippen molar-refractivity contribution < 1.29 is 19.1 Å². The summed E-state index contributed by atoms with van der Waals surface area (Å²) in [7, 11) is 1.51. The molecule has 2 aromatic carbocycles. The van der Waals surface area contributed by atoms with E-state index in [-0.39, 0.29) is 18.3 Å². The Kier molecular flexibility index (Phi) is 5.60. The second-order valence-corrected chi connectivity index (χ2v) is 5.20. The third-order valence-electron chi connectivity index (χ3n) is 3.05. The third kappa shape index (κ3) is 4.72. The number of anilines is 1. The van der Waals surface area contributed by atoms with E-state index in [0.29, 0.717) is 27.8 Å². The van der Waals surface area contributed by atoms with Crippen molar-refractivity contribution in [1.29, 1.82) is 0 Å². The summed E-state index contributed by atoms with van der Waals surface area (Å²) in [5, 5.41) is 3.26. The van der Waals surface area contributed by atoms with Crippen LogP contribution >= 0.6 is 11.6 Å². The summed E-state index contributed by atoms with van der Waals surface area (Å²) in [5.74, 6) is 0.358. The van der Waals surface area contributed by atoms with Gasteiger partial charge in [0.1, 0.15) is 11.5 Å². The van der Waals surface area contributed by atoms with Crippen molar-refractivity contribution in [1.82, 2.24) is 0 Å². The number of hydrogen-bond acceptors (Lipinski definition) is 4. The fourth-order valence-electron chi connectivity index (χ4n) is 1.91. The van der Waals surface area contributed by atoms with Gasteiger partial charge in [0.25, 0.3) is 5.91 Å². The lowest BCUT2D eigenvalue weighted by Gasteiger charge is -2.11. The number of carbonyl (C=O) groups excluding carboxylic acids is 2. The molecule has 0 unspecified atom stereocenters. The number of methoxy groups -OCH3 is 1. The second-order valence-electron chi connectivity index (χ2n) is 4.76. The molecule has 0 saturated carbocycles. The number of halogens is 1. The second kappa shape index (κ2) is 7.65. The number of Topliss-reactive ketones (excluding diaryl/α,β-unsaturated/α-hetero) is 1. The average molecular weight is 334 g/mol. The van der Waals surface area contributed by atoms with E-state index < -0.39 is 0 Å². The standard InChI is InChI=1S/C17H16ClNO4/c1-11(20)15-8-7-14(22-2)9-16(15)23-10-17(21)19-13-5-3-12(18)4-6-13/h3-9H,10H2,1-2H3,(H,19,21). The fourth-order valence-corrected chi connectivity index (χ4v) is 2.04. The molecule has 2 rings (SSSR count). The predicted octanol–water partition coefficient (Wildman–Crippen LogP) is 3.57. The van der Waals surface area contributed by atoms with Crippen molar-refractivity contribution in [2.75, 3.05) is 19.0 Å². The minimum absolute atomic E-state index is 0.152. The fraction of sp³-hybridized carbons (Fsp3) is 0.176. The summed E-state index contributed by atoms with van der Waals surface area (Å²) >= 11 is 5.78. The monoisotopic (exact) mass is 333 g/mol. The first-order chi connectivity index (χ1) is 11.0. The van der Waals surface area contributed by atoms with Crippen molar-refractivity contribution in [3.8, 4) is 11.5 Å². The maximum absolute atomic E-state index is 11.9. The quantitative estimate of drug-likeness (QED) is 0.821. The molecule has 0 atom stereocenters. The van der Waals surface area contributed by atoms with Crippen molar-refractivity contribution >= 4 is 29.0 Å². The highest BCUT2D eigenvalue weighted by Crippen LogP contribution is 2.25. The first kappa shape index (κ1) is 16.8. The zero-order valence-electron chi connectivity index (χ0n) is 12.8. The van der Waals surface area contributed by atoms with Crippen molar-refractivity contribution in [2.45, 2.75) is 6.92 Å². The van der Waals surface area contributed by atoms with E-state index in [9.17, 15) is 9.59 Å². The van der Waals surface area contributed by atoms with Crippen LogP contribution in [-0.4, -0.2) is 25.4 Å². The van der Waals surface area contributed by atoms with Crippen molar-refractivity contribution in [3.63, 3.8) is 0 Å². The molecule has 0 saturated heterocycles. The zero-order valence-corrected chi connectivity index (χ0v) is 13.5. The molecule has 6 heteroatoms. The number of rotatable bonds is 6. The van der Waals surface area contributed by atoms with E-state index in [2.05, 4.69) is 5.32 Å². The van der Waals surface area contributed by atoms with E-state index in [1.807, 2.05) is 0 Å². The Balaban J connectivity index is 2.03. The topological polar surface area (TPSA) is 64.6 Å². The van der Waals surface area contributed by atoms with Crippen LogP contribution in [0.5, 0.6) is 11.5 Å². The minimum Gasteiger partial charge on any atom is -0.497 e. The molecule has 0 radical (unpaired) electrons. The molecule has 2 aromatic rings. The van der Waals surface area contributed by atoms with Gasteiger partial charge in [-0.05, 0) is 43.3 Å². The number of hydrogen-bond donors (Lipinski definition) is 1. The van der Waals surface area contributed by atoms with Crippen LogP contribution in [0.4, 0.5) is 5.69 Å². The molecule has 0 aromatic heterocycles. The van der Waals surface area contributed by atoms with Crippen LogP contribution in [0.1, 0.15) is 17.3 Å². The van der Waals surface area contributed by atoms with Gasteiger partial charge in [0.15, 0.2) is 12.4 Å². The Morgan fingerprint density at radius 1 is 1.13 bits per heavy atom. The van der Waals surface area contributed by atoms with E-state index in [1.54, 1.807) is 42.5 Å². The normalized spacial score (nSPS) is 10.0. The number of ketones is 1. The van der Waals surface area contributed by atoms with Crippen LogP contribution in [0.2, 0.25) is 5.02 Å². The molecule has 0 bridgehead atoms. The number of nitrogens with one attached hydrogen (secondary N) is 1. The molecule has 120 valence electrons. The zero-order chi connectivity index (χ0) is 16.8. The molecule has 0 spiro atoms. The molecule has 0 aliphatic carbocycles. The lowest BCUT2D eigenvalue weighted by atomic mass is 10.1. The van der Waals surface area contributed by atoms with Gasteiger partial charge in [-0.2, -0.15) is 0 Å². The van der Waals surface area contributed by atoms with Gasteiger partial charge in [-0.1, -0.05) is 11.6 Å². The van der Waals surface area contributed by atoms with Crippen molar-refractivity contribution in [2.24, 2.45) is 0 Å². The highest BCUT2D eigenvalue weighted by molar-refractivity contribution is 6.30. The highest BCUT2D eigenvalue weighted by Gasteiger charge is 2.12. The van der Waals surface area contributed by atoms with Crippen LogP contribution in [0.3, 0.4) is 0 Å². The van der Waals surface area contributed by atoms with Gasteiger partial charge in [-0.3, -0.25) is 9.59 Å². The van der Waals surface area contributed by atoms with Gasteiger partial charge in [0.05, 0.1) is 12.7 Å². The summed E-state index contributed by atoms with van der Waals surface area (Å²) in [6.07, 6.45) is 0. The Hall–Kier alpha value is -2.53. The third-order valence-corrected chi connectivity index (χ3v) is 3.31. The molecule has 23 heavy (non-hydrogen) atoms. The number of amides is 1. The first-order valence-electron chi connectivity index (χ1n) is 6.87. The van der Waals surface area contributed by atoms with Gasteiger partial charge in [0, 0.05) is 16.8 Å². The van der Waals surface area contributed by atoms with E-state index >= 15 is 0 Å². The van der Waals surface area contributed by atoms with Crippen LogP contribution in [0.15, 0.2) is 42.5 Å². The van der Waals surface area contributed by atoms with Gasteiger partial charge >= 0.3 is 0 Å². The molecular weight excluding hydrogens is 318 g/mol.